The molecule has 0 saturated carbocycles. The zero-order chi connectivity index (χ0) is 35.9. The van der Waals surface area contributed by atoms with Gasteiger partial charge >= 0.3 is 11.9 Å². The summed E-state index contributed by atoms with van der Waals surface area (Å²) in [4.78, 5) is 29.4. The molecule has 0 radical (unpaired) electrons. The number of nitrogens with two attached hydrogens (primary N) is 2. The van der Waals surface area contributed by atoms with Crippen LogP contribution in [0.1, 0.15) is 82.2 Å². The number of thiophene rings is 2. The third-order valence-electron chi connectivity index (χ3n) is 8.22. The lowest BCUT2D eigenvalue weighted by Crippen LogP contribution is -2.26. The van der Waals surface area contributed by atoms with Crippen molar-refractivity contribution >= 4 is 34.6 Å². The Morgan fingerprint density at radius 2 is 1.06 bits per heavy atom. The lowest BCUT2D eigenvalue weighted by molar-refractivity contribution is -0.169. The Kier molecular flexibility index (Phi) is 15.8. The van der Waals surface area contributed by atoms with Crippen LogP contribution in [0.25, 0.3) is 0 Å². The van der Waals surface area contributed by atoms with Gasteiger partial charge in [-0.15, -0.1) is 22.7 Å². The lowest BCUT2D eigenvalue weighted by atomic mass is 10.0. The van der Waals surface area contributed by atoms with E-state index in [9.17, 15) is 9.59 Å². The van der Waals surface area contributed by atoms with E-state index in [0.29, 0.717) is 26.1 Å². The minimum atomic E-state index is -0.984. The van der Waals surface area contributed by atoms with Gasteiger partial charge in [-0.05, 0) is 124 Å². The number of carbonyl (C=O) groups excluding carboxylic acids is 2. The van der Waals surface area contributed by atoms with Crippen LogP contribution in [0, 0.1) is 25.7 Å². The summed E-state index contributed by atoms with van der Waals surface area (Å²) in [7, 11) is 0. The average molecular weight is 721 g/mol. The molecule has 0 amide bonds. The van der Waals surface area contributed by atoms with Crippen LogP contribution in [0.3, 0.4) is 0 Å². The van der Waals surface area contributed by atoms with Crippen molar-refractivity contribution in [2.45, 2.75) is 78.3 Å². The molecule has 0 spiro atoms. The molecule has 4 N–H and O–H groups in total. The molecule has 2 aromatic carbocycles. The van der Waals surface area contributed by atoms with E-state index in [1.54, 1.807) is 22.7 Å². The standard InChI is InChI=1S/C40H52N2O6S2/c1-27-9-5-11-31(21-27)45-19-7-13-33-15-17-37(49-33)35(41)23-29(3)25-47-39(43)40(44)48-26-30(4)24-36(42)38-18-16-34(50-38)14-8-20-46-32-12-6-10-28(2)22-32/h5-6,9-12,15-18,21-22,29-30,35-36H,7-8,13-14,19-20,23-26,41-42H2,1-4H3/t29-,30-,35?,36?/m1/s1. The zero-order valence-electron chi connectivity index (χ0n) is 29.7. The van der Waals surface area contributed by atoms with Gasteiger partial charge in [0.05, 0.1) is 26.4 Å². The first-order chi connectivity index (χ1) is 24.0. The van der Waals surface area contributed by atoms with Gasteiger partial charge < -0.3 is 30.4 Å². The fraction of sp³-hybridized carbons (Fsp3) is 0.450. The summed E-state index contributed by atoms with van der Waals surface area (Å²) < 4.78 is 22.2. The molecule has 8 nitrogen and oxygen atoms in total. The van der Waals surface area contributed by atoms with Crippen molar-refractivity contribution in [2.75, 3.05) is 26.4 Å². The minimum Gasteiger partial charge on any atom is -0.494 e. The third kappa shape index (κ3) is 13.5. The van der Waals surface area contributed by atoms with E-state index in [2.05, 4.69) is 50.2 Å². The highest BCUT2D eigenvalue weighted by atomic mass is 32.1. The van der Waals surface area contributed by atoms with Crippen molar-refractivity contribution < 1.29 is 28.5 Å². The Morgan fingerprint density at radius 1 is 0.640 bits per heavy atom. The van der Waals surface area contributed by atoms with Crippen molar-refractivity contribution in [2.24, 2.45) is 23.3 Å². The molecule has 4 atom stereocenters. The number of carbonyl (C=O) groups is 2. The molecule has 4 aromatic rings. The third-order valence-corrected chi connectivity index (χ3v) is 10.8. The summed E-state index contributed by atoms with van der Waals surface area (Å²) in [6, 6.07) is 24.1. The van der Waals surface area contributed by atoms with E-state index in [4.69, 9.17) is 30.4 Å². The highest BCUT2D eigenvalue weighted by molar-refractivity contribution is 7.12. The monoisotopic (exact) mass is 720 g/mol. The Morgan fingerprint density at radius 3 is 1.46 bits per heavy atom. The van der Waals surface area contributed by atoms with Crippen molar-refractivity contribution in [1.29, 1.82) is 0 Å². The molecule has 50 heavy (non-hydrogen) atoms. The van der Waals surface area contributed by atoms with Crippen molar-refractivity contribution in [3.8, 4) is 11.5 Å². The summed E-state index contributed by atoms with van der Waals surface area (Å²) in [5, 5.41) is 0. The molecular formula is C40H52N2O6S2. The summed E-state index contributed by atoms with van der Waals surface area (Å²) in [6.45, 7) is 9.51. The molecule has 2 aromatic heterocycles. The smallest absolute Gasteiger partial charge is 0.417 e. The lowest BCUT2D eigenvalue weighted by Gasteiger charge is -2.17. The van der Waals surface area contributed by atoms with Gasteiger partial charge in [-0.2, -0.15) is 0 Å². The Hall–Kier alpha value is -3.70. The molecular weight excluding hydrogens is 669 g/mol. The summed E-state index contributed by atoms with van der Waals surface area (Å²) in [5.41, 5.74) is 15.3. The van der Waals surface area contributed by atoms with Crippen LogP contribution < -0.4 is 20.9 Å². The topological polar surface area (TPSA) is 123 Å². The molecule has 10 heteroatoms. The maximum absolute atomic E-state index is 12.3. The van der Waals surface area contributed by atoms with Gasteiger partial charge in [0.1, 0.15) is 11.5 Å². The summed E-state index contributed by atoms with van der Waals surface area (Å²) in [5.74, 6) is -0.225. The first-order valence-corrected chi connectivity index (χ1v) is 19.1. The number of hydrogen-bond acceptors (Lipinski definition) is 10. The van der Waals surface area contributed by atoms with Gasteiger partial charge in [0.2, 0.25) is 0 Å². The SMILES string of the molecule is Cc1cccc(OCCCc2ccc(C(N)C[C@@H](C)COC(=O)C(=O)OC[C@H](C)CC(N)c3ccc(CCCOc4cccc(C)c4)s3)s2)c1. The number of hydrogen-bond donors (Lipinski definition) is 2. The normalized spacial score (nSPS) is 13.6. The second-order valence-electron chi connectivity index (χ2n) is 13.2. The van der Waals surface area contributed by atoms with Gasteiger partial charge in [-0.3, -0.25) is 0 Å². The Labute approximate surface area is 305 Å². The van der Waals surface area contributed by atoms with Crippen LogP contribution in [0.2, 0.25) is 0 Å². The van der Waals surface area contributed by atoms with Gasteiger partial charge in [-0.25, -0.2) is 9.59 Å². The number of esters is 2. The number of ether oxygens (including phenoxy) is 4. The average Bonchev–Trinajstić information content (AvgIpc) is 3.77. The van der Waals surface area contributed by atoms with E-state index >= 15 is 0 Å². The van der Waals surface area contributed by atoms with Crippen LogP contribution in [-0.2, 0) is 31.9 Å². The number of aryl methyl sites for hydroxylation is 4. The molecule has 2 unspecified atom stereocenters. The van der Waals surface area contributed by atoms with Crippen LogP contribution in [-0.4, -0.2) is 38.4 Å². The molecule has 0 fully saturated rings. The van der Waals surface area contributed by atoms with Gasteiger partial charge in [0, 0.05) is 31.6 Å². The zero-order valence-corrected chi connectivity index (χ0v) is 31.4. The van der Waals surface area contributed by atoms with Crippen LogP contribution in [0.15, 0.2) is 72.8 Å². The summed E-state index contributed by atoms with van der Waals surface area (Å²) >= 11 is 3.40. The molecule has 0 saturated heterocycles. The predicted molar refractivity (Wildman–Crippen MR) is 202 cm³/mol. The highest BCUT2D eigenvalue weighted by Gasteiger charge is 2.22. The van der Waals surface area contributed by atoms with E-state index < -0.39 is 11.9 Å². The molecule has 4 rings (SSSR count). The fourth-order valence-electron chi connectivity index (χ4n) is 5.53. The molecule has 0 aliphatic heterocycles. The van der Waals surface area contributed by atoms with Crippen LogP contribution in [0.4, 0.5) is 0 Å². The molecule has 0 aliphatic carbocycles. The first kappa shape index (κ1) is 39.1. The van der Waals surface area contributed by atoms with Crippen molar-refractivity contribution in [1.82, 2.24) is 0 Å². The van der Waals surface area contributed by atoms with Crippen LogP contribution >= 0.6 is 22.7 Å². The number of benzene rings is 2. The second kappa shape index (κ2) is 20.2. The van der Waals surface area contributed by atoms with E-state index in [1.807, 2.05) is 50.2 Å². The van der Waals surface area contributed by atoms with Gasteiger partial charge in [0.15, 0.2) is 0 Å². The number of rotatable bonds is 20. The fourth-order valence-corrected chi connectivity index (χ4v) is 7.67. The van der Waals surface area contributed by atoms with Gasteiger partial charge in [0.25, 0.3) is 0 Å². The highest BCUT2D eigenvalue weighted by Crippen LogP contribution is 2.29. The Balaban J connectivity index is 1.07. The minimum absolute atomic E-state index is 0.0247. The molecule has 0 bridgehead atoms. The van der Waals surface area contributed by atoms with Crippen molar-refractivity contribution in [3.63, 3.8) is 0 Å². The quantitative estimate of drug-likeness (QED) is 0.0531. The predicted octanol–water partition coefficient (Wildman–Crippen LogP) is 8.29. The Bertz CT molecular complexity index is 1520. The summed E-state index contributed by atoms with van der Waals surface area (Å²) in [6.07, 6.45) is 4.92. The van der Waals surface area contributed by atoms with Crippen LogP contribution in [0.5, 0.6) is 11.5 Å². The van der Waals surface area contributed by atoms with E-state index in [0.717, 1.165) is 46.9 Å². The molecule has 2 heterocycles. The van der Waals surface area contributed by atoms with Crippen molar-refractivity contribution in [3.05, 3.63) is 103 Å². The molecule has 270 valence electrons. The van der Waals surface area contributed by atoms with E-state index in [1.165, 1.54) is 20.9 Å². The largest absolute Gasteiger partial charge is 0.494 e. The maximum Gasteiger partial charge on any atom is 0.417 e. The molecule has 0 aliphatic rings. The van der Waals surface area contributed by atoms with Gasteiger partial charge in [-0.1, -0.05) is 38.1 Å². The second-order valence-corrected chi connectivity index (χ2v) is 15.6. The maximum atomic E-state index is 12.3. The first-order valence-electron chi connectivity index (χ1n) is 17.5. The van der Waals surface area contributed by atoms with E-state index in [-0.39, 0.29) is 37.1 Å².